The molecule has 0 aliphatic carbocycles. The molecule has 0 aromatic carbocycles. The van der Waals surface area contributed by atoms with Crippen LogP contribution >= 0.6 is 7.82 Å². The van der Waals surface area contributed by atoms with E-state index in [0.717, 1.165) is 44.9 Å². The summed E-state index contributed by atoms with van der Waals surface area (Å²) >= 11 is 0. The zero-order valence-electron chi connectivity index (χ0n) is 33.5. The minimum absolute atomic E-state index is 0.0264. The van der Waals surface area contributed by atoms with Crippen LogP contribution in [0.15, 0.2) is 48.6 Å². The molecule has 5 atom stereocenters. The highest BCUT2D eigenvalue weighted by atomic mass is 31.2. The van der Waals surface area contributed by atoms with E-state index in [2.05, 4.69) is 18.4 Å². The van der Waals surface area contributed by atoms with Gasteiger partial charge in [0.2, 0.25) is 0 Å². The van der Waals surface area contributed by atoms with Crippen molar-refractivity contribution in [1.29, 1.82) is 0 Å². The molecule has 0 aliphatic heterocycles. The van der Waals surface area contributed by atoms with Crippen LogP contribution in [-0.2, 0) is 37.5 Å². The number of hydrogen-bond donors (Lipinski definition) is 5. The molecule has 1 unspecified atom stereocenters. The summed E-state index contributed by atoms with van der Waals surface area (Å²) in [6, 6.07) is -1.55. The number of phosphoric acid groups is 1. The number of hydrogen-bond acceptors (Lipinski definition) is 11. The van der Waals surface area contributed by atoms with Crippen LogP contribution in [0.2, 0.25) is 0 Å². The van der Waals surface area contributed by atoms with Crippen molar-refractivity contribution in [3.8, 4) is 0 Å². The molecule has 318 valence electrons. The van der Waals surface area contributed by atoms with Gasteiger partial charge in [-0.25, -0.2) is 4.57 Å². The highest BCUT2D eigenvalue weighted by molar-refractivity contribution is 7.47. The molecule has 0 spiro atoms. The van der Waals surface area contributed by atoms with Gasteiger partial charge in [-0.05, 0) is 32.1 Å². The van der Waals surface area contributed by atoms with E-state index in [1.54, 1.807) is 18.2 Å². The molecule has 0 heterocycles. The molecule has 0 saturated heterocycles. The van der Waals surface area contributed by atoms with Crippen molar-refractivity contribution in [2.24, 2.45) is 5.73 Å². The van der Waals surface area contributed by atoms with E-state index in [-0.39, 0.29) is 12.8 Å². The number of carbonyl (C=O) groups is 3. The first kappa shape index (κ1) is 52.4. The van der Waals surface area contributed by atoms with Gasteiger partial charge in [0.05, 0.1) is 25.4 Å². The van der Waals surface area contributed by atoms with E-state index in [4.69, 9.17) is 24.8 Å². The number of carboxylic acid groups (broad SMARTS) is 1. The summed E-state index contributed by atoms with van der Waals surface area (Å²) in [6.07, 6.45) is 31.1. The van der Waals surface area contributed by atoms with E-state index in [1.165, 1.54) is 51.4 Å². The predicted octanol–water partition coefficient (Wildman–Crippen LogP) is 8.17. The van der Waals surface area contributed by atoms with Crippen molar-refractivity contribution in [2.45, 2.75) is 173 Å². The SMILES string of the molecule is CCCCCCCCCCCCCCC(=O)O[C@H](COC(=O)CCC[C@@H](O)/C=C/C=C\C/C=C\C=C\[C@@H](O)CCCCC)COP(=O)(O)OC[C@H](N)C(=O)O. The number of nitrogens with two attached hydrogens (primary N) is 1. The quantitative estimate of drug-likeness (QED) is 0.0174. The molecule has 0 amide bonds. The fraction of sp³-hybridized carbons (Fsp3) is 0.732. The van der Waals surface area contributed by atoms with Gasteiger partial charge in [0, 0.05) is 12.8 Å². The smallest absolute Gasteiger partial charge is 0.472 e. The van der Waals surface area contributed by atoms with Crippen LogP contribution in [0.4, 0.5) is 0 Å². The lowest BCUT2D eigenvalue weighted by molar-refractivity contribution is -0.161. The summed E-state index contributed by atoms with van der Waals surface area (Å²) in [5.74, 6) is -2.64. The number of aliphatic carboxylic acids is 1. The Balaban J connectivity index is 4.64. The van der Waals surface area contributed by atoms with E-state index in [0.29, 0.717) is 25.7 Å². The van der Waals surface area contributed by atoms with E-state index < -0.39 is 69.9 Å². The number of ether oxygens (including phenoxy) is 2. The minimum Gasteiger partial charge on any atom is -0.480 e. The Morgan fingerprint density at radius 2 is 1.11 bits per heavy atom. The zero-order valence-corrected chi connectivity index (χ0v) is 34.4. The van der Waals surface area contributed by atoms with Crippen molar-refractivity contribution >= 4 is 25.7 Å². The molecule has 0 aromatic heterocycles. The van der Waals surface area contributed by atoms with Gasteiger partial charge in [0.15, 0.2) is 6.10 Å². The lowest BCUT2D eigenvalue weighted by Crippen LogP contribution is -2.34. The molecule has 13 nitrogen and oxygen atoms in total. The van der Waals surface area contributed by atoms with E-state index in [9.17, 15) is 34.1 Å². The van der Waals surface area contributed by atoms with Gasteiger partial charge >= 0.3 is 25.7 Å². The first-order valence-corrected chi connectivity index (χ1v) is 21.9. The Hall–Kier alpha value is -2.64. The minimum atomic E-state index is -4.77. The first-order chi connectivity index (χ1) is 26.4. The molecular formula is C41H72NO12P. The Bertz CT molecular complexity index is 1160. The molecule has 0 aromatic rings. The molecule has 0 radical (unpaired) electrons. The van der Waals surface area contributed by atoms with Crippen molar-refractivity contribution < 1.29 is 57.7 Å². The Morgan fingerprint density at radius 3 is 1.65 bits per heavy atom. The zero-order chi connectivity index (χ0) is 41.0. The van der Waals surface area contributed by atoms with Gasteiger partial charge in [-0.15, -0.1) is 0 Å². The number of phosphoric ester groups is 1. The average molecular weight is 802 g/mol. The normalized spacial score (nSPS) is 15.5. The summed E-state index contributed by atoms with van der Waals surface area (Å²) in [6.45, 7) is 2.44. The maximum Gasteiger partial charge on any atom is 0.472 e. The number of unbranched alkanes of at least 4 members (excludes halogenated alkanes) is 13. The second-order valence-corrected chi connectivity index (χ2v) is 15.3. The van der Waals surface area contributed by atoms with Gasteiger partial charge in [-0.3, -0.25) is 23.4 Å². The average Bonchev–Trinajstić information content (AvgIpc) is 3.14. The van der Waals surface area contributed by atoms with E-state index in [1.807, 2.05) is 30.4 Å². The fourth-order valence-electron chi connectivity index (χ4n) is 5.22. The van der Waals surface area contributed by atoms with Crippen LogP contribution in [0.1, 0.15) is 149 Å². The third kappa shape index (κ3) is 35.5. The van der Waals surface area contributed by atoms with Crippen LogP contribution in [0, 0.1) is 0 Å². The summed E-state index contributed by atoms with van der Waals surface area (Å²) in [4.78, 5) is 45.8. The van der Waals surface area contributed by atoms with Gasteiger partial charge in [-0.2, -0.15) is 0 Å². The second-order valence-electron chi connectivity index (χ2n) is 13.8. The lowest BCUT2D eigenvalue weighted by atomic mass is 10.0. The topological polar surface area (TPSA) is 212 Å². The number of aliphatic hydroxyl groups excluding tert-OH is 2. The van der Waals surface area contributed by atoms with Crippen LogP contribution in [0.3, 0.4) is 0 Å². The second kappa shape index (κ2) is 35.8. The van der Waals surface area contributed by atoms with E-state index >= 15 is 0 Å². The Labute approximate surface area is 330 Å². The fourth-order valence-corrected chi connectivity index (χ4v) is 6.00. The molecule has 0 fully saturated rings. The number of carbonyl (C=O) groups excluding carboxylic acids is 2. The van der Waals surface area contributed by atoms with Crippen LogP contribution in [0.25, 0.3) is 0 Å². The molecule has 14 heteroatoms. The van der Waals surface area contributed by atoms with Crippen molar-refractivity contribution in [1.82, 2.24) is 0 Å². The Morgan fingerprint density at radius 1 is 0.636 bits per heavy atom. The molecule has 0 rings (SSSR count). The van der Waals surface area contributed by atoms with Gasteiger partial charge in [0.1, 0.15) is 12.6 Å². The van der Waals surface area contributed by atoms with Gasteiger partial charge in [0.25, 0.3) is 0 Å². The first-order valence-electron chi connectivity index (χ1n) is 20.4. The van der Waals surface area contributed by atoms with Crippen LogP contribution in [0.5, 0.6) is 0 Å². The standard InChI is InChI=1S/C41H72NO12P/c1-3-5-7-8-9-10-11-12-13-17-20-24-30-40(46)54-37(33-52-55(49,50)53-34-38(42)41(47)48)32-51-39(45)31-25-29-36(44)28-23-19-16-14-15-18-22-27-35(43)26-21-6-4-2/h15-16,18-19,22-23,27-28,35-38,43-44H,3-14,17,20-21,24-26,29-34,42H2,1-2H3,(H,47,48)(H,49,50)/b18-15-,19-16-,27-22+,28-23+/t35-,36-,37+,38-/m0/s1. The predicted molar refractivity (Wildman–Crippen MR) is 215 cm³/mol. The summed E-state index contributed by atoms with van der Waals surface area (Å²) < 4.78 is 32.4. The number of esters is 2. The van der Waals surface area contributed by atoms with Crippen molar-refractivity contribution in [2.75, 3.05) is 19.8 Å². The van der Waals surface area contributed by atoms with Gasteiger partial charge in [-0.1, -0.05) is 152 Å². The summed E-state index contributed by atoms with van der Waals surface area (Å²) in [7, 11) is -4.77. The van der Waals surface area contributed by atoms with Crippen molar-refractivity contribution in [3.05, 3.63) is 48.6 Å². The third-order valence-electron chi connectivity index (χ3n) is 8.54. The summed E-state index contributed by atoms with van der Waals surface area (Å²) in [5.41, 5.74) is 5.31. The summed E-state index contributed by atoms with van der Waals surface area (Å²) in [5, 5.41) is 29.0. The molecule has 0 bridgehead atoms. The van der Waals surface area contributed by atoms with Crippen molar-refractivity contribution in [3.63, 3.8) is 0 Å². The molecule has 6 N–H and O–H groups in total. The monoisotopic (exact) mass is 801 g/mol. The number of rotatable bonds is 37. The maximum atomic E-state index is 12.6. The Kier molecular flexibility index (Phi) is 34.0. The molecular weight excluding hydrogens is 729 g/mol. The lowest BCUT2D eigenvalue weighted by Gasteiger charge is -2.20. The number of aliphatic hydroxyl groups is 2. The van der Waals surface area contributed by atoms with Crippen LogP contribution < -0.4 is 5.73 Å². The maximum absolute atomic E-state index is 12.6. The largest absolute Gasteiger partial charge is 0.480 e. The molecule has 0 aliphatic rings. The highest BCUT2D eigenvalue weighted by Gasteiger charge is 2.28. The number of allylic oxidation sites excluding steroid dienone is 6. The highest BCUT2D eigenvalue weighted by Crippen LogP contribution is 2.43. The molecule has 55 heavy (non-hydrogen) atoms. The third-order valence-corrected chi connectivity index (χ3v) is 9.49. The number of carboxylic acids is 1. The molecule has 0 saturated carbocycles. The van der Waals surface area contributed by atoms with Gasteiger partial charge < -0.3 is 35.4 Å². The van der Waals surface area contributed by atoms with Crippen LogP contribution in [-0.4, -0.2) is 82.3 Å².